The molecule has 0 spiro atoms. The molecule has 2 heterocycles. The fourth-order valence-electron chi connectivity index (χ4n) is 3.17. The Bertz CT molecular complexity index is 757. The number of carbonyl (C=O) groups excluding carboxylic acids is 1. The first-order valence-corrected chi connectivity index (χ1v) is 10.6. The van der Waals surface area contributed by atoms with E-state index in [1.807, 2.05) is 0 Å². The van der Waals surface area contributed by atoms with Crippen LogP contribution < -0.4 is 20.1 Å². The molecule has 2 aliphatic heterocycles. The Morgan fingerprint density at radius 3 is 2.62 bits per heavy atom. The summed E-state index contributed by atoms with van der Waals surface area (Å²) in [6.07, 6.45) is 1.96. The molecule has 1 aromatic carbocycles. The van der Waals surface area contributed by atoms with E-state index in [0.29, 0.717) is 31.3 Å². The third-order valence-electron chi connectivity index (χ3n) is 4.99. The van der Waals surface area contributed by atoms with E-state index in [2.05, 4.69) is 17.6 Å². The summed E-state index contributed by atoms with van der Waals surface area (Å²) < 4.78 is 35.8. The number of fused-ring (bicyclic) bond motifs is 1. The molecule has 2 aliphatic rings. The SMILES string of the molecule is CC1(CNC(=O)CCS(=O)(=O)c2ccc3c(c2)OCCO3)CCNCC1. The maximum absolute atomic E-state index is 12.5. The number of sulfone groups is 1. The molecule has 0 bridgehead atoms. The van der Waals surface area contributed by atoms with Crippen molar-refractivity contribution in [1.82, 2.24) is 10.6 Å². The van der Waals surface area contributed by atoms with Crippen LogP contribution in [-0.4, -0.2) is 52.9 Å². The minimum Gasteiger partial charge on any atom is -0.486 e. The number of amides is 1. The third kappa shape index (κ3) is 4.67. The predicted octanol–water partition coefficient (Wildman–Crippen LogP) is 1.13. The van der Waals surface area contributed by atoms with Crippen molar-refractivity contribution in [1.29, 1.82) is 0 Å². The van der Waals surface area contributed by atoms with Crippen LogP contribution in [0, 0.1) is 5.41 Å². The minimum absolute atomic E-state index is 0.0505. The van der Waals surface area contributed by atoms with E-state index in [4.69, 9.17) is 9.47 Å². The number of ether oxygens (including phenoxy) is 2. The van der Waals surface area contributed by atoms with Crippen molar-refractivity contribution in [3.63, 3.8) is 0 Å². The summed E-state index contributed by atoms with van der Waals surface area (Å²) in [5.74, 6) is 0.520. The first-order valence-electron chi connectivity index (χ1n) is 8.98. The fourth-order valence-corrected chi connectivity index (χ4v) is 4.42. The molecular formula is C18H26N2O5S. The fraction of sp³-hybridized carbons (Fsp3) is 0.611. The first kappa shape index (κ1) is 19.0. The number of nitrogens with one attached hydrogen (secondary N) is 2. The largest absolute Gasteiger partial charge is 0.486 e. The summed E-state index contributed by atoms with van der Waals surface area (Å²) in [7, 11) is -3.55. The summed E-state index contributed by atoms with van der Waals surface area (Å²) in [5.41, 5.74) is 0.0790. The molecule has 0 saturated carbocycles. The van der Waals surface area contributed by atoms with Gasteiger partial charge in [0.25, 0.3) is 0 Å². The lowest BCUT2D eigenvalue weighted by atomic mass is 9.81. The summed E-state index contributed by atoms with van der Waals surface area (Å²) >= 11 is 0. The molecule has 7 nitrogen and oxygen atoms in total. The number of hydrogen-bond donors (Lipinski definition) is 2. The topological polar surface area (TPSA) is 93.7 Å². The standard InChI is InChI=1S/C18H26N2O5S/c1-18(5-7-19-8-6-18)13-20-17(21)4-11-26(22,23)14-2-3-15-16(12-14)25-10-9-24-15/h2-3,12,19H,4-11,13H2,1H3,(H,20,21). The van der Waals surface area contributed by atoms with Gasteiger partial charge in [0.05, 0.1) is 10.6 Å². The van der Waals surface area contributed by atoms with E-state index in [1.165, 1.54) is 12.1 Å². The smallest absolute Gasteiger partial charge is 0.221 e. The van der Waals surface area contributed by atoms with Crippen LogP contribution >= 0.6 is 0 Å². The van der Waals surface area contributed by atoms with Gasteiger partial charge in [0, 0.05) is 19.0 Å². The second-order valence-corrected chi connectivity index (χ2v) is 9.32. The quantitative estimate of drug-likeness (QED) is 0.766. The number of piperidine rings is 1. The maximum Gasteiger partial charge on any atom is 0.221 e. The molecule has 3 rings (SSSR count). The molecule has 1 saturated heterocycles. The van der Waals surface area contributed by atoms with Gasteiger partial charge < -0.3 is 20.1 Å². The van der Waals surface area contributed by atoms with E-state index < -0.39 is 9.84 Å². The molecular weight excluding hydrogens is 356 g/mol. The van der Waals surface area contributed by atoms with Gasteiger partial charge in [-0.2, -0.15) is 0 Å². The van der Waals surface area contributed by atoms with E-state index in [9.17, 15) is 13.2 Å². The molecule has 8 heteroatoms. The molecule has 0 aromatic heterocycles. The Kier molecular flexibility index (Phi) is 5.72. The highest BCUT2D eigenvalue weighted by molar-refractivity contribution is 7.91. The van der Waals surface area contributed by atoms with Crippen LogP contribution in [0.5, 0.6) is 11.5 Å². The summed E-state index contributed by atoms with van der Waals surface area (Å²) in [5, 5.41) is 6.19. The summed E-state index contributed by atoms with van der Waals surface area (Å²) in [6, 6.07) is 4.56. The zero-order valence-electron chi connectivity index (χ0n) is 15.0. The van der Waals surface area contributed by atoms with Gasteiger partial charge in [-0.25, -0.2) is 8.42 Å². The number of carbonyl (C=O) groups is 1. The lowest BCUT2D eigenvalue weighted by Crippen LogP contribution is -2.43. The normalized spacial score (nSPS) is 19.0. The molecule has 2 N–H and O–H groups in total. The van der Waals surface area contributed by atoms with Gasteiger partial charge >= 0.3 is 0 Å². The molecule has 0 radical (unpaired) electrons. The molecule has 0 atom stereocenters. The van der Waals surface area contributed by atoms with Crippen LogP contribution in [0.4, 0.5) is 0 Å². The average Bonchev–Trinajstić information content (AvgIpc) is 2.65. The Labute approximate surface area is 154 Å². The highest BCUT2D eigenvalue weighted by Crippen LogP contribution is 2.32. The predicted molar refractivity (Wildman–Crippen MR) is 97.3 cm³/mol. The van der Waals surface area contributed by atoms with Crippen molar-refractivity contribution in [2.45, 2.75) is 31.1 Å². The van der Waals surface area contributed by atoms with Crippen LogP contribution in [0.2, 0.25) is 0 Å². The first-order chi connectivity index (χ1) is 12.4. The van der Waals surface area contributed by atoms with Crippen molar-refractivity contribution in [2.75, 3.05) is 38.6 Å². The van der Waals surface area contributed by atoms with E-state index in [1.54, 1.807) is 6.07 Å². The molecule has 144 valence electrons. The van der Waals surface area contributed by atoms with Crippen molar-refractivity contribution in [3.05, 3.63) is 18.2 Å². The second-order valence-electron chi connectivity index (χ2n) is 7.21. The van der Waals surface area contributed by atoms with Crippen molar-refractivity contribution in [2.24, 2.45) is 5.41 Å². The Hall–Kier alpha value is -1.80. The summed E-state index contributed by atoms with van der Waals surface area (Å²) in [4.78, 5) is 12.3. The van der Waals surface area contributed by atoms with Gasteiger partial charge in [0.1, 0.15) is 13.2 Å². The number of benzene rings is 1. The van der Waals surface area contributed by atoms with E-state index in [0.717, 1.165) is 25.9 Å². The molecule has 1 amide bonds. The number of rotatable bonds is 6. The van der Waals surface area contributed by atoms with Gasteiger partial charge in [0.15, 0.2) is 21.3 Å². The van der Waals surface area contributed by atoms with Crippen LogP contribution in [0.3, 0.4) is 0 Å². The lowest BCUT2D eigenvalue weighted by Gasteiger charge is -2.34. The van der Waals surface area contributed by atoms with Crippen molar-refractivity contribution >= 4 is 15.7 Å². The van der Waals surface area contributed by atoms with E-state index >= 15 is 0 Å². The second kappa shape index (κ2) is 7.84. The Balaban J connectivity index is 1.53. The highest BCUT2D eigenvalue weighted by atomic mass is 32.2. The van der Waals surface area contributed by atoms with Crippen LogP contribution in [-0.2, 0) is 14.6 Å². The molecule has 26 heavy (non-hydrogen) atoms. The van der Waals surface area contributed by atoms with Gasteiger partial charge in [-0.3, -0.25) is 4.79 Å². The van der Waals surface area contributed by atoms with Crippen molar-refractivity contribution in [3.8, 4) is 11.5 Å². The molecule has 1 aromatic rings. The monoisotopic (exact) mass is 382 g/mol. The van der Waals surface area contributed by atoms with Gasteiger partial charge in [-0.15, -0.1) is 0 Å². The molecule has 1 fully saturated rings. The van der Waals surface area contributed by atoms with Gasteiger partial charge in [0.2, 0.25) is 5.91 Å². The summed E-state index contributed by atoms with van der Waals surface area (Å²) in [6.45, 7) is 5.48. The Morgan fingerprint density at radius 1 is 1.19 bits per heavy atom. The van der Waals surface area contributed by atoms with Crippen LogP contribution in [0.15, 0.2) is 23.1 Å². The zero-order chi connectivity index (χ0) is 18.6. The third-order valence-corrected chi connectivity index (χ3v) is 6.71. The lowest BCUT2D eigenvalue weighted by molar-refractivity contribution is -0.121. The maximum atomic E-state index is 12.5. The van der Waals surface area contributed by atoms with Gasteiger partial charge in [-0.1, -0.05) is 6.92 Å². The molecule has 0 unspecified atom stereocenters. The van der Waals surface area contributed by atoms with Crippen LogP contribution in [0.25, 0.3) is 0 Å². The van der Waals surface area contributed by atoms with E-state index in [-0.39, 0.29) is 28.4 Å². The molecule has 0 aliphatic carbocycles. The zero-order valence-corrected chi connectivity index (χ0v) is 15.9. The average molecular weight is 382 g/mol. The Morgan fingerprint density at radius 2 is 1.88 bits per heavy atom. The van der Waals surface area contributed by atoms with Gasteiger partial charge in [-0.05, 0) is 43.5 Å². The highest BCUT2D eigenvalue weighted by Gasteiger charge is 2.27. The minimum atomic E-state index is -3.55. The number of hydrogen-bond acceptors (Lipinski definition) is 6. The van der Waals surface area contributed by atoms with Crippen molar-refractivity contribution < 1.29 is 22.7 Å². The van der Waals surface area contributed by atoms with Crippen LogP contribution in [0.1, 0.15) is 26.2 Å².